The predicted molar refractivity (Wildman–Crippen MR) is 198 cm³/mol. The summed E-state index contributed by atoms with van der Waals surface area (Å²) >= 11 is 0. The summed E-state index contributed by atoms with van der Waals surface area (Å²) in [5.41, 5.74) is 0. The summed E-state index contributed by atoms with van der Waals surface area (Å²) < 4.78 is 56.5. The van der Waals surface area contributed by atoms with Crippen LogP contribution in [0.4, 0.5) is 0 Å². The molecule has 13 heterocycles. The minimum Gasteiger partial charge on any atom is -0.394 e. The number of hydrogen-bond donors (Lipinski definition) is 18. The van der Waals surface area contributed by atoms with Crippen molar-refractivity contribution in [3.8, 4) is 0 Å². The Balaban J connectivity index is 1.33. The Hall–Kier alpha value is -1.20. The highest BCUT2D eigenvalue weighted by Crippen LogP contribution is 2.37. The zero-order valence-corrected chi connectivity index (χ0v) is 34.9. The van der Waals surface area contributed by atoms with Crippen LogP contribution in [-0.4, -0.2) is 310 Å². The molecule has 13 rings (SSSR count). The van der Waals surface area contributed by atoms with Crippen molar-refractivity contribution in [2.75, 3.05) is 39.6 Å². The average Bonchev–Trinajstić information content (AvgIpc) is 3.30. The quantitative estimate of drug-likeness (QED) is 0.100. The van der Waals surface area contributed by atoms with Crippen molar-refractivity contribution < 1.29 is 149 Å². The second-order valence-electron chi connectivity index (χ2n) is 16.6. The van der Waals surface area contributed by atoms with Crippen LogP contribution in [0, 0.1) is 0 Å². The molecule has 10 bridgehead atoms. The van der Waals surface area contributed by atoms with Gasteiger partial charge in [0.05, 0.1) is 45.7 Å². The van der Waals surface area contributed by atoms with Gasteiger partial charge < -0.3 is 139 Å². The Morgan fingerprint density at radius 1 is 0.303 bits per heavy atom. The summed E-state index contributed by atoms with van der Waals surface area (Å²) in [5, 5.41) is 195. The van der Waals surface area contributed by atoms with E-state index in [1.54, 1.807) is 0 Å². The molecule has 0 amide bonds. The molecule has 30 nitrogen and oxygen atoms in total. The first kappa shape index (κ1) is 54.1. The summed E-state index contributed by atoms with van der Waals surface area (Å²) in [6, 6.07) is 0. The van der Waals surface area contributed by atoms with Gasteiger partial charge in [0.15, 0.2) is 31.5 Å². The lowest BCUT2D eigenvalue weighted by atomic mass is 9.95. The fraction of sp³-hybridized carbons (Fsp3) is 1.00. The topological polar surface area (TPSA) is 475 Å². The van der Waals surface area contributed by atoms with Crippen molar-refractivity contribution in [3.05, 3.63) is 0 Å². The van der Waals surface area contributed by atoms with Crippen molar-refractivity contribution in [2.45, 2.75) is 185 Å². The van der Waals surface area contributed by atoms with E-state index in [4.69, 9.17) is 57.1 Å². The Morgan fingerprint density at radius 2 is 0.545 bits per heavy atom. The molecule has 0 saturated carbocycles. The highest BCUT2D eigenvalue weighted by Gasteiger charge is 2.57. The molecule has 13 saturated heterocycles. The van der Waals surface area contributed by atoms with Crippen molar-refractivity contribution >= 4 is 0 Å². The van der Waals surface area contributed by atoms with Crippen LogP contribution in [0.5, 0.6) is 0 Å². The molecule has 29 atom stereocenters. The Labute approximate surface area is 373 Å². The van der Waals surface area contributed by atoms with Gasteiger partial charge in [-0.3, -0.25) is 0 Å². The van der Waals surface area contributed by atoms with E-state index in [0.717, 1.165) is 6.92 Å². The SMILES string of the molecule is CC(O)C(O)[C@@H]1O[C@H]2OC(CO)[C@@H](O[C@H]3OC(CO)[C@@H](O[C@H]4OC(CO)[C@@H](O[C@H]5OC(CO)[C@@H](O[C@H]6OC(CO)[C@@H](OOC1CO)C(O)C6O)C(O)C5O)C(O)C4O)C(O)C3O)C(O)C2O. The molecule has 0 aliphatic carbocycles. The largest absolute Gasteiger partial charge is 0.394 e. The van der Waals surface area contributed by atoms with E-state index in [1.165, 1.54) is 0 Å². The van der Waals surface area contributed by atoms with E-state index in [2.05, 4.69) is 0 Å². The summed E-state index contributed by atoms with van der Waals surface area (Å²) in [5.74, 6) is 0. The number of aliphatic hydroxyl groups excluding tert-OH is 18. The molecule has 0 aromatic rings. The molecule has 0 aromatic heterocycles. The Bertz CT molecular complexity index is 1460. The first-order chi connectivity index (χ1) is 31.3. The molecule has 13 aliphatic rings. The summed E-state index contributed by atoms with van der Waals surface area (Å²) in [6.45, 7) is -5.13. The van der Waals surface area contributed by atoms with Crippen molar-refractivity contribution in [1.82, 2.24) is 0 Å². The van der Waals surface area contributed by atoms with Gasteiger partial charge >= 0.3 is 0 Å². The van der Waals surface area contributed by atoms with Crippen LogP contribution in [0.3, 0.4) is 0 Å². The van der Waals surface area contributed by atoms with E-state index in [0.29, 0.717) is 0 Å². The lowest BCUT2D eigenvalue weighted by Crippen LogP contribution is -2.68. The van der Waals surface area contributed by atoms with E-state index >= 15 is 0 Å². The molecule has 18 unspecified atom stereocenters. The van der Waals surface area contributed by atoms with Crippen LogP contribution >= 0.6 is 0 Å². The fourth-order valence-electron chi connectivity index (χ4n) is 8.38. The lowest BCUT2D eigenvalue weighted by molar-refractivity contribution is -0.434. The molecule has 13 fully saturated rings. The third kappa shape index (κ3) is 11.0. The standard InChI is InChI=1S/C36H62O30/c1-8(43)15(44)30-14(7-42)65-66-31-13(6-41)59-36(25(54)20(31)49)63-29-11(4-39)57-34(23(52)18(29)47)61-27-9(2-37)55-32(21(50)16(27)45)60-26-10(3-38)56-33(22(51)17(26)46)62-28-12(5-40)58-35(64-30)24(53)19(28)48/h8-54H,2-7H2,1H3/t8?,9?,10?,11?,12?,13?,14?,15?,16?,17?,18?,19?,20?,21?,22?,23?,24?,25?,26-,27-,28-,29-,30-,31-,32-,33-,34-,35-,36-/m1/s1. The molecule has 0 radical (unpaired) electrons. The minimum absolute atomic E-state index is 1.00. The maximum atomic E-state index is 11.3. The van der Waals surface area contributed by atoms with Crippen molar-refractivity contribution in [2.24, 2.45) is 0 Å². The number of hydrogen-bond acceptors (Lipinski definition) is 30. The molecule has 30 heteroatoms. The van der Waals surface area contributed by atoms with Gasteiger partial charge in [0.1, 0.15) is 140 Å². The Kier molecular flexibility index (Phi) is 19.2. The summed E-state index contributed by atoms with van der Waals surface area (Å²) in [6.07, 6.45) is -56.9. The first-order valence-electron chi connectivity index (χ1n) is 21.0. The van der Waals surface area contributed by atoms with E-state index < -0.39 is 218 Å². The lowest BCUT2D eigenvalue weighted by Gasteiger charge is -2.49. The molecule has 18 N–H and O–H groups in total. The first-order valence-corrected chi connectivity index (χ1v) is 21.0. The van der Waals surface area contributed by atoms with Crippen LogP contribution in [0.2, 0.25) is 0 Å². The van der Waals surface area contributed by atoms with Crippen LogP contribution in [0.15, 0.2) is 0 Å². The number of aliphatic hydroxyl groups is 18. The molecule has 13 aliphatic heterocycles. The predicted octanol–water partition coefficient (Wildman–Crippen LogP) is -12.5. The average molecular weight is 975 g/mol. The van der Waals surface area contributed by atoms with E-state index in [-0.39, 0.29) is 0 Å². The van der Waals surface area contributed by atoms with E-state index in [9.17, 15) is 91.9 Å². The second kappa shape index (κ2) is 23.4. The summed E-state index contributed by atoms with van der Waals surface area (Å²) in [7, 11) is 0. The highest BCUT2D eigenvalue weighted by atomic mass is 17.2. The van der Waals surface area contributed by atoms with Gasteiger partial charge in [0.2, 0.25) is 0 Å². The highest BCUT2D eigenvalue weighted by molar-refractivity contribution is 4.99. The molecule has 0 spiro atoms. The molecule has 66 heavy (non-hydrogen) atoms. The van der Waals surface area contributed by atoms with Crippen LogP contribution in [0.25, 0.3) is 0 Å². The Morgan fingerprint density at radius 3 is 0.803 bits per heavy atom. The van der Waals surface area contributed by atoms with Gasteiger partial charge in [-0.15, -0.1) is 0 Å². The van der Waals surface area contributed by atoms with Crippen molar-refractivity contribution in [1.29, 1.82) is 0 Å². The normalized spacial score (nSPS) is 52.1. The minimum atomic E-state index is -2.21. The van der Waals surface area contributed by atoms with Gasteiger partial charge in [-0.05, 0) is 6.92 Å². The maximum Gasteiger partial charge on any atom is 0.187 e. The molecular weight excluding hydrogens is 912 g/mol. The van der Waals surface area contributed by atoms with Crippen LogP contribution < -0.4 is 0 Å². The summed E-state index contributed by atoms with van der Waals surface area (Å²) in [4.78, 5) is 10.6. The number of rotatable bonds is 8. The van der Waals surface area contributed by atoms with Gasteiger partial charge in [0, 0.05) is 0 Å². The second-order valence-corrected chi connectivity index (χ2v) is 16.6. The number of ether oxygens (including phenoxy) is 10. The van der Waals surface area contributed by atoms with Gasteiger partial charge in [0.25, 0.3) is 0 Å². The molecular formula is C36H62O30. The smallest absolute Gasteiger partial charge is 0.187 e. The van der Waals surface area contributed by atoms with Gasteiger partial charge in [-0.25, -0.2) is 9.78 Å². The zero-order chi connectivity index (χ0) is 48.5. The molecule has 386 valence electrons. The monoisotopic (exact) mass is 974 g/mol. The van der Waals surface area contributed by atoms with Crippen LogP contribution in [-0.2, 0) is 57.1 Å². The van der Waals surface area contributed by atoms with Crippen molar-refractivity contribution in [3.63, 3.8) is 0 Å². The van der Waals surface area contributed by atoms with Crippen LogP contribution in [0.1, 0.15) is 6.92 Å². The number of fused-ring (bicyclic) bond motifs is 1. The van der Waals surface area contributed by atoms with Gasteiger partial charge in [-0.2, -0.15) is 0 Å². The molecule has 0 aromatic carbocycles. The maximum absolute atomic E-state index is 11.3. The van der Waals surface area contributed by atoms with E-state index in [1.807, 2.05) is 0 Å². The zero-order valence-electron chi connectivity index (χ0n) is 34.9. The van der Waals surface area contributed by atoms with Gasteiger partial charge in [-0.1, -0.05) is 0 Å². The fourth-order valence-corrected chi connectivity index (χ4v) is 8.38. The third-order valence-corrected chi connectivity index (χ3v) is 12.2. The third-order valence-electron chi connectivity index (χ3n) is 12.2.